The molecule has 2 fully saturated rings. The quantitative estimate of drug-likeness (QED) is 0.791. The van der Waals surface area contributed by atoms with Gasteiger partial charge in [-0.1, -0.05) is 30.3 Å². The van der Waals surface area contributed by atoms with Gasteiger partial charge in [0.2, 0.25) is 0 Å². The highest BCUT2D eigenvalue weighted by molar-refractivity contribution is 5.20. The molecule has 2 heterocycles. The number of nitrogens with one attached hydrogen (secondary N) is 1. The first-order valence-electron chi connectivity index (χ1n) is 8.40. The molecule has 4 atom stereocenters. The lowest BCUT2D eigenvalue weighted by molar-refractivity contribution is 0.0530. The Kier molecular flexibility index (Phi) is 5.27. The van der Waals surface area contributed by atoms with E-state index in [1.165, 1.54) is 0 Å². The Labute approximate surface area is 136 Å². The molecule has 23 heavy (non-hydrogen) atoms. The minimum atomic E-state index is -0.379. The maximum Gasteiger partial charge on any atom is 0.143 e. The lowest BCUT2D eigenvalue weighted by Crippen LogP contribution is -2.48. The highest BCUT2D eigenvalue weighted by atomic mass is 19.1. The molecule has 2 unspecified atom stereocenters. The maximum absolute atomic E-state index is 13.1. The number of piperidine rings is 1. The summed E-state index contributed by atoms with van der Waals surface area (Å²) in [6, 6.07) is 12.1. The number of aliphatic hydroxyl groups is 1. The van der Waals surface area contributed by atoms with Crippen LogP contribution in [0.25, 0.3) is 0 Å². The summed E-state index contributed by atoms with van der Waals surface area (Å²) in [5, 5.41) is 22.6. The maximum atomic E-state index is 13.1. The summed E-state index contributed by atoms with van der Waals surface area (Å²) in [5.74, 6) is 0.220. The van der Waals surface area contributed by atoms with Crippen molar-refractivity contribution in [3.05, 3.63) is 35.9 Å². The molecule has 124 valence electrons. The van der Waals surface area contributed by atoms with Gasteiger partial charge in [0, 0.05) is 12.1 Å². The third-order valence-corrected chi connectivity index (χ3v) is 5.43. The normalized spacial score (nSPS) is 29.9. The van der Waals surface area contributed by atoms with Crippen molar-refractivity contribution in [1.82, 2.24) is 10.2 Å². The first-order chi connectivity index (χ1) is 11.3. The highest BCUT2D eigenvalue weighted by Gasteiger charge is 2.43. The minimum absolute atomic E-state index is 0.0433. The molecule has 1 aromatic rings. The summed E-state index contributed by atoms with van der Waals surface area (Å²) in [5.41, 5.74) is 0.986. The lowest BCUT2D eigenvalue weighted by Gasteiger charge is -2.39. The van der Waals surface area contributed by atoms with Crippen LogP contribution in [0.5, 0.6) is 0 Å². The third kappa shape index (κ3) is 3.40. The second-order valence-electron chi connectivity index (χ2n) is 6.67. The van der Waals surface area contributed by atoms with E-state index in [-0.39, 0.29) is 43.5 Å². The predicted octanol–water partition coefficient (Wildman–Crippen LogP) is 2.37. The number of fused-ring (bicyclic) bond motifs is 2. The molecule has 3 rings (SSSR count). The Morgan fingerprint density at radius 3 is 2.43 bits per heavy atom. The van der Waals surface area contributed by atoms with Crippen LogP contribution in [0.15, 0.2) is 30.3 Å². The van der Waals surface area contributed by atoms with Crippen LogP contribution in [0.3, 0.4) is 0 Å². The van der Waals surface area contributed by atoms with Crippen LogP contribution in [0, 0.1) is 17.2 Å². The number of rotatable bonds is 6. The van der Waals surface area contributed by atoms with Crippen molar-refractivity contribution < 1.29 is 9.50 Å². The monoisotopic (exact) mass is 317 g/mol. The van der Waals surface area contributed by atoms with E-state index in [0.29, 0.717) is 0 Å². The van der Waals surface area contributed by atoms with Crippen LogP contribution < -0.4 is 5.32 Å². The molecule has 2 bridgehead atoms. The van der Waals surface area contributed by atoms with Crippen molar-refractivity contribution >= 4 is 0 Å². The van der Waals surface area contributed by atoms with Crippen LogP contribution >= 0.6 is 0 Å². The molecule has 0 amide bonds. The summed E-state index contributed by atoms with van der Waals surface area (Å²) >= 11 is 0. The molecule has 0 spiro atoms. The number of aliphatic hydroxyl groups excluding tert-OH is 1. The summed E-state index contributed by atoms with van der Waals surface area (Å²) in [6.45, 7) is -0.422. The molecule has 2 saturated heterocycles. The van der Waals surface area contributed by atoms with Crippen molar-refractivity contribution in [2.45, 2.75) is 49.9 Å². The van der Waals surface area contributed by atoms with Gasteiger partial charge in [0.1, 0.15) is 6.80 Å². The Morgan fingerprint density at radius 1 is 1.26 bits per heavy atom. The molecular formula is C18H24FN3O. The zero-order valence-corrected chi connectivity index (χ0v) is 13.2. The van der Waals surface area contributed by atoms with E-state index in [1.807, 2.05) is 35.2 Å². The highest BCUT2D eigenvalue weighted by Crippen LogP contribution is 2.40. The zero-order valence-electron chi connectivity index (χ0n) is 13.2. The average molecular weight is 317 g/mol. The Bertz CT molecular complexity index is 533. The van der Waals surface area contributed by atoms with Gasteiger partial charge in [0.05, 0.1) is 24.8 Å². The number of nitriles is 1. The second kappa shape index (κ2) is 7.39. The standard InChI is InChI=1S/C18H24FN3O/c19-12-22-15-6-7-16(22)9-14(8-15)17(10-20)21-18(11-23)13-4-2-1-3-5-13/h1-5,14-18,21,23H,6-9,11-12H2/t14?,15?,16?,17-,18+/m1/s1. The largest absolute Gasteiger partial charge is 0.394 e. The summed E-state index contributed by atoms with van der Waals surface area (Å²) in [4.78, 5) is 1.95. The van der Waals surface area contributed by atoms with Crippen LogP contribution in [0.1, 0.15) is 37.3 Å². The number of hydrogen-bond acceptors (Lipinski definition) is 4. The van der Waals surface area contributed by atoms with Crippen LogP contribution in [0.4, 0.5) is 4.39 Å². The van der Waals surface area contributed by atoms with Crippen LogP contribution in [-0.2, 0) is 0 Å². The lowest BCUT2D eigenvalue weighted by atomic mass is 9.85. The van der Waals surface area contributed by atoms with E-state index < -0.39 is 0 Å². The Hall–Kier alpha value is -1.48. The molecule has 2 aliphatic rings. The van der Waals surface area contributed by atoms with Gasteiger partial charge in [-0.2, -0.15) is 5.26 Å². The molecule has 0 aliphatic carbocycles. The first-order valence-corrected chi connectivity index (χ1v) is 8.40. The van der Waals surface area contributed by atoms with Crippen molar-refractivity contribution in [1.29, 1.82) is 5.26 Å². The molecule has 1 aromatic carbocycles. The fourth-order valence-electron chi connectivity index (χ4n) is 4.22. The molecule has 2 aliphatic heterocycles. The summed E-state index contributed by atoms with van der Waals surface area (Å²) in [6.07, 6.45) is 3.79. The second-order valence-corrected chi connectivity index (χ2v) is 6.67. The van der Waals surface area contributed by atoms with Crippen molar-refractivity contribution in [3.8, 4) is 6.07 Å². The van der Waals surface area contributed by atoms with E-state index >= 15 is 0 Å². The molecular weight excluding hydrogens is 293 g/mol. The first kappa shape index (κ1) is 16.4. The van der Waals surface area contributed by atoms with Gasteiger partial charge >= 0.3 is 0 Å². The SMILES string of the molecule is N#C[C@@H](N[C@@H](CO)c1ccccc1)C1CC2CCC(C1)N2CF. The van der Waals surface area contributed by atoms with Gasteiger partial charge in [-0.3, -0.25) is 10.2 Å². The number of benzene rings is 1. The van der Waals surface area contributed by atoms with Crippen molar-refractivity contribution in [2.24, 2.45) is 5.92 Å². The van der Waals surface area contributed by atoms with Crippen LogP contribution in [-0.4, -0.2) is 41.5 Å². The topological polar surface area (TPSA) is 59.3 Å². The van der Waals surface area contributed by atoms with Gasteiger partial charge in [-0.05, 0) is 37.2 Å². The summed E-state index contributed by atoms with van der Waals surface area (Å²) in [7, 11) is 0. The number of nitrogens with zero attached hydrogens (tertiary/aromatic N) is 2. The molecule has 0 radical (unpaired) electrons. The van der Waals surface area contributed by atoms with Gasteiger partial charge in [0.25, 0.3) is 0 Å². The zero-order chi connectivity index (χ0) is 16.2. The predicted molar refractivity (Wildman–Crippen MR) is 86.2 cm³/mol. The van der Waals surface area contributed by atoms with Gasteiger partial charge in [-0.25, -0.2) is 4.39 Å². The third-order valence-electron chi connectivity index (χ3n) is 5.43. The smallest absolute Gasteiger partial charge is 0.143 e. The summed E-state index contributed by atoms with van der Waals surface area (Å²) < 4.78 is 13.1. The molecule has 4 nitrogen and oxygen atoms in total. The average Bonchev–Trinajstić information content (AvgIpc) is 2.85. The molecule has 5 heteroatoms. The van der Waals surface area contributed by atoms with Crippen molar-refractivity contribution in [3.63, 3.8) is 0 Å². The molecule has 0 aromatic heterocycles. The van der Waals surface area contributed by atoms with E-state index in [4.69, 9.17) is 0 Å². The van der Waals surface area contributed by atoms with Gasteiger partial charge in [-0.15, -0.1) is 0 Å². The van der Waals surface area contributed by atoms with Gasteiger partial charge in [0.15, 0.2) is 0 Å². The van der Waals surface area contributed by atoms with E-state index in [1.54, 1.807) is 0 Å². The molecule has 0 saturated carbocycles. The minimum Gasteiger partial charge on any atom is -0.394 e. The fourth-order valence-corrected chi connectivity index (χ4v) is 4.22. The van der Waals surface area contributed by atoms with Crippen LogP contribution in [0.2, 0.25) is 0 Å². The number of alkyl halides is 1. The van der Waals surface area contributed by atoms with Crippen molar-refractivity contribution in [2.75, 3.05) is 13.4 Å². The molecule has 2 N–H and O–H groups in total. The Balaban J connectivity index is 1.68. The Morgan fingerprint density at radius 2 is 1.91 bits per heavy atom. The van der Waals surface area contributed by atoms with E-state index in [9.17, 15) is 14.8 Å². The van der Waals surface area contributed by atoms with E-state index in [0.717, 1.165) is 31.2 Å². The number of halogens is 1. The number of hydrogen-bond donors (Lipinski definition) is 2. The van der Waals surface area contributed by atoms with Gasteiger partial charge < -0.3 is 5.11 Å². The fraction of sp³-hybridized carbons (Fsp3) is 0.611. The van der Waals surface area contributed by atoms with E-state index in [2.05, 4.69) is 11.4 Å².